The number of carbonyl (C=O) groups is 1. The van der Waals surface area contributed by atoms with Crippen LogP contribution >= 0.6 is 0 Å². The van der Waals surface area contributed by atoms with Gasteiger partial charge in [0.2, 0.25) is 0 Å². The maximum Gasteiger partial charge on any atom is 0.303 e. The molecule has 0 amide bonds. The van der Waals surface area contributed by atoms with Crippen LogP contribution in [0.4, 0.5) is 0 Å². The molecule has 1 rings (SSSR count). The molecule has 0 fully saturated rings. The molecule has 0 aliphatic carbocycles. The highest BCUT2D eigenvalue weighted by Gasteiger charge is 2.05. The molecule has 1 N–H and O–H groups in total. The van der Waals surface area contributed by atoms with Crippen LogP contribution in [0.2, 0.25) is 0 Å². The lowest BCUT2D eigenvalue weighted by Gasteiger charge is -2.10. The van der Waals surface area contributed by atoms with E-state index in [0.717, 1.165) is 0 Å². The largest absolute Gasteiger partial charge is 0.488 e. The Hall–Kier alpha value is -1.78. The minimum Gasteiger partial charge on any atom is -0.488 e. The fourth-order valence-electron chi connectivity index (χ4n) is 1.62. The Kier molecular flexibility index (Phi) is 6.12. The maximum atomic E-state index is 12.0. The van der Waals surface area contributed by atoms with Gasteiger partial charge in [0, 0.05) is 19.2 Å². The Morgan fingerprint density at radius 1 is 1.42 bits per heavy atom. The van der Waals surface area contributed by atoms with Gasteiger partial charge in [0.1, 0.15) is 0 Å². The van der Waals surface area contributed by atoms with Crippen molar-refractivity contribution in [2.24, 2.45) is 5.92 Å². The van der Waals surface area contributed by atoms with Gasteiger partial charge < -0.3 is 14.4 Å². The molecule has 0 aliphatic rings. The molecule has 1 aromatic rings. The number of aliphatic carboxylic acids is 1. The van der Waals surface area contributed by atoms with Gasteiger partial charge >= 0.3 is 5.97 Å². The van der Waals surface area contributed by atoms with Gasteiger partial charge in [-0.1, -0.05) is 13.8 Å². The molecule has 106 valence electrons. The van der Waals surface area contributed by atoms with Gasteiger partial charge in [-0.3, -0.25) is 9.59 Å². The second-order valence-corrected chi connectivity index (χ2v) is 4.93. The third-order valence-corrected chi connectivity index (χ3v) is 2.60. The topological polar surface area (TPSA) is 68.5 Å². The van der Waals surface area contributed by atoms with Crippen molar-refractivity contribution >= 4 is 5.97 Å². The predicted molar refractivity (Wildman–Crippen MR) is 72.5 cm³/mol. The van der Waals surface area contributed by atoms with Gasteiger partial charge in [0.15, 0.2) is 5.75 Å². The van der Waals surface area contributed by atoms with Crippen molar-refractivity contribution in [3.8, 4) is 5.75 Å². The van der Waals surface area contributed by atoms with Crippen LogP contribution in [0.3, 0.4) is 0 Å². The highest BCUT2D eigenvalue weighted by Crippen LogP contribution is 2.05. The number of carboxylic acids is 1. The molecule has 0 spiro atoms. The molecule has 0 radical (unpaired) electrons. The molecule has 1 heterocycles. The van der Waals surface area contributed by atoms with Crippen LogP contribution in [-0.4, -0.2) is 22.2 Å². The Bertz CT molecular complexity index is 465. The molecule has 0 unspecified atom stereocenters. The summed E-state index contributed by atoms with van der Waals surface area (Å²) in [5, 5.41) is 8.54. The van der Waals surface area contributed by atoms with Gasteiger partial charge in [-0.2, -0.15) is 0 Å². The van der Waals surface area contributed by atoms with Crippen LogP contribution < -0.4 is 10.3 Å². The third-order valence-electron chi connectivity index (χ3n) is 2.60. The van der Waals surface area contributed by atoms with E-state index in [0.29, 0.717) is 37.7 Å². The normalized spacial score (nSPS) is 10.7. The van der Waals surface area contributed by atoms with E-state index in [-0.39, 0.29) is 12.0 Å². The van der Waals surface area contributed by atoms with Crippen LogP contribution in [0.1, 0.15) is 33.1 Å². The zero-order valence-electron chi connectivity index (χ0n) is 11.5. The number of unbranched alkanes of at least 4 members (excludes halogenated alkanes) is 1. The van der Waals surface area contributed by atoms with Crippen molar-refractivity contribution in [2.45, 2.75) is 39.7 Å². The molecule has 19 heavy (non-hydrogen) atoms. The van der Waals surface area contributed by atoms with Crippen LogP contribution in [-0.2, 0) is 11.3 Å². The number of nitrogens with zero attached hydrogens (tertiary/aromatic N) is 1. The minimum absolute atomic E-state index is 0.137. The van der Waals surface area contributed by atoms with Crippen LogP contribution in [0.25, 0.3) is 0 Å². The molecule has 1 aromatic heterocycles. The lowest BCUT2D eigenvalue weighted by molar-refractivity contribution is -0.137. The third kappa shape index (κ3) is 5.59. The van der Waals surface area contributed by atoms with Crippen LogP contribution in [0.5, 0.6) is 5.75 Å². The first-order valence-electron chi connectivity index (χ1n) is 6.54. The van der Waals surface area contributed by atoms with E-state index in [4.69, 9.17) is 9.84 Å². The summed E-state index contributed by atoms with van der Waals surface area (Å²) >= 11 is 0. The summed E-state index contributed by atoms with van der Waals surface area (Å²) in [7, 11) is 0. The van der Waals surface area contributed by atoms with Gasteiger partial charge in [-0.05, 0) is 30.9 Å². The summed E-state index contributed by atoms with van der Waals surface area (Å²) in [6.45, 7) is 5.07. The maximum absolute atomic E-state index is 12.0. The van der Waals surface area contributed by atoms with E-state index in [9.17, 15) is 9.59 Å². The number of ether oxygens (including phenoxy) is 1. The average Bonchev–Trinajstić information content (AvgIpc) is 2.34. The van der Waals surface area contributed by atoms with E-state index in [1.54, 1.807) is 22.9 Å². The molecular weight excluding hydrogens is 246 g/mol. The lowest BCUT2D eigenvalue weighted by atomic mass is 10.2. The van der Waals surface area contributed by atoms with Crippen LogP contribution in [0.15, 0.2) is 23.1 Å². The number of pyridine rings is 1. The minimum atomic E-state index is -0.804. The van der Waals surface area contributed by atoms with Gasteiger partial charge in [0.05, 0.1) is 6.61 Å². The quantitative estimate of drug-likeness (QED) is 0.733. The first kappa shape index (κ1) is 15.3. The van der Waals surface area contributed by atoms with Crippen molar-refractivity contribution < 1.29 is 14.6 Å². The first-order chi connectivity index (χ1) is 9.00. The second-order valence-electron chi connectivity index (χ2n) is 4.93. The van der Waals surface area contributed by atoms with Crippen molar-refractivity contribution in [3.05, 3.63) is 28.7 Å². The van der Waals surface area contributed by atoms with Crippen molar-refractivity contribution in [2.75, 3.05) is 6.61 Å². The summed E-state index contributed by atoms with van der Waals surface area (Å²) in [5.41, 5.74) is -0.154. The summed E-state index contributed by atoms with van der Waals surface area (Å²) in [4.78, 5) is 22.4. The summed E-state index contributed by atoms with van der Waals surface area (Å²) in [6, 6.07) is 3.44. The first-order valence-corrected chi connectivity index (χ1v) is 6.54. The molecule has 0 bridgehead atoms. The van der Waals surface area contributed by atoms with E-state index in [2.05, 4.69) is 0 Å². The number of aryl methyl sites for hydroxylation is 1. The zero-order chi connectivity index (χ0) is 14.3. The molecular formula is C14H21NO4. The zero-order valence-corrected chi connectivity index (χ0v) is 11.5. The highest BCUT2D eigenvalue weighted by molar-refractivity contribution is 5.66. The number of aromatic nitrogens is 1. The van der Waals surface area contributed by atoms with Gasteiger partial charge in [-0.25, -0.2) is 0 Å². The van der Waals surface area contributed by atoms with Crippen molar-refractivity contribution in [3.63, 3.8) is 0 Å². The standard InChI is InChI=1S/C14H21NO4/c1-11(2)10-19-12-6-5-9-15(14(12)18)8-4-3-7-13(16)17/h5-6,9,11H,3-4,7-8,10H2,1-2H3,(H,16,17). The Balaban J connectivity index is 2.57. The average molecular weight is 267 g/mol. The molecule has 5 heteroatoms. The Morgan fingerprint density at radius 3 is 2.79 bits per heavy atom. The van der Waals surface area contributed by atoms with Gasteiger partial charge in [0.25, 0.3) is 5.56 Å². The summed E-state index contributed by atoms with van der Waals surface area (Å²) in [5.74, 6) is -0.0839. The molecule has 5 nitrogen and oxygen atoms in total. The van der Waals surface area contributed by atoms with Gasteiger partial charge in [-0.15, -0.1) is 0 Å². The SMILES string of the molecule is CC(C)COc1cccn(CCCCC(=O)O)c1=O. The molecule has 0 aliphatic heterocycles. The molecule has 0 atom stereocenters. The Morgan fingerprint density at radius 2 is 2.16 bits per heavy atom. The smallest absolute Gasteiger partial charge is 0.303 e. The second kappa shape index (κ2) is 7.61. The summed E-state index contributed by atoms with van der Waals surface area (Å²) < 4.78 is 7.02. The van der Waals surface area contributed by atoms with E-state index < -0.39 is 5.97 Å². The summed E-state index contributed by atoms with van der Waals surface area (Å²) in [6.07, 6.45) is 3.07. The number of hydrogen-bond acceptors (Lipinski definition) is 3. The molecule has 0 aromatic carbocycles. The number of hydrogen-bond donors (Lipinski definition) is 1. The Labute approximate surface area is 112 Å². The van der Waals surface area contributed by atoms with E-state index in [1.807, 2.05) is 13.8 Å². The molecule has 0 saturated heterocycles. The molecule has 0 saturated carbocycles. The van der Waals surface area contributed by atoms with E-state index >= 15 is 0 Å². The fourth-order valence-corrected chi connectivity index (χ4v) is 1.62. The van der Waals surface area contributed by atoms with Crippen molar-refractivity contribution in [1.82, 2.24) is 4.57 Å². The van der Waals surface area contributed by atoms with E-state index in [1.165, 1.54) is 0 Å². The lowest BCUT2D eigenvalue weighted by Crippen LogP contribution is -2.22. The van der Waals surface area contributed by atoms with Crippen LogP contribution in [0, 0.1) is 5.92 Å². The fraction of sp³-hybridized carbons (Fsp3) is 0.571. The highest BCUT2D eigenvalue weighted by atomic mass is 16.5. The van der Waals surface area contributed by atoms with Crippen molar-refractivity contribution in [1.29, 1.82) is 0 Å². The predicted octanol–water partition coefficient (Wildman–Crippen LogP) is 2.14. The monoisotopic (exact) mass is 267 g/mol. The number of rotatable bonds is 8. The number of carboxylic acid groups (broad SMARTS) is 1.